The van der Waals surface area contributed by atoms with E-state index in [0.29, 0.717) is 24.9 Å². The van der Waals surface area contributed by atoms with E-state index in [1.54, 1.807) is 17.9 Å². The van der Waals surface area contributed by atoms with Gasteiger partial charge in [-0.05, 0) is 31.7 Å². The number of anilines is 1. The van der Waals surface area contributed by atoms with Gasteiger partial charge in [0.1, 0.15) is 12.0 Å². The molecular weight excluding hydrogens is 348 g/mol. The van der Waals surface area contributed by atoms with E-state index in [1.165, 1.54) is 12.3 Å². The fourth-order valence-corrected chi connectivity index (χ4v) is 3.86. The van der Waals surface area contributed by atoms with E-state index in [1.807, 2.05) is 0 Å². The highest BCUT2D eigenvalue weighted by atomic mass is 16.6. The van der Waals surface area contributed by atoms with Gasteiger partial charge in [0.05, 0.1) is 16.9 Å². The van der Waals surface area contributed by atoms with Crippen LogP contribution in [-0.4, -0.2) is 51.9 Å². The van der Waals surface area contributed by atoms with Crippen LogP contribution in [0.4, 0.5) is 11.5 Å². The SMILES string of the molecule is CC(=O)N1CC(C#N)[C@@H](NC2CCC(Nc3ccc([N+](=O)[O-])cn3)CC2)C1. The summed E-state index contributed by atoms with van der Waals surface area (Å²) >= 11 is 0. The number of nitrogens with zero attached hydrogens (tertiary/aromatic N) is 4. The summed E-state index contributed by atoms with van der Waals surface area (Å²) in [6.07, 6.45) is 5.12. The lowest BCUT2D eigenvalue weighted by Crippen LogP contribution is -2.45. The number of amides is 1. The first kappa shape index (κ1) is 19.0. The number of nitrogens with one attached hydrogen (secondary N) is 2. The Hall–Kier alpha value is -2.73. The Morgan fingerprint density at radius 3 is 2.56 bits per heavy atom. The van der Waals surface area contributed by atoms with E-state index >= 15 is 0 Å². The van der Waals surface area contributed by atoms with Gasteiger partial charge in [0.15, 0.2) is 0 Å². The van der Waals surface area contributed by atoms with Crippen molar-refractivity contribution in [1.29, 1.82) is 5.26 Å². The fraction of sp³-hybridized carbons (Fsp3) is 0.611. The number of carbonyl (C=O) groups excluding carboxylic acids is 1. The zero-order valence-corrected chi connectivity index (χ0v) is 15.3. The third-order valence-electron chi connectivity index (χ3n) is 5.42. The number of pyridine rings is 1. The Balaban J connectivity index is 1.47. The van der Waals surface area contributed by atoms with Gasteiger partial charge in [-0.15, -0.1) is 0 Å². The van der Waals surface area contributed by atoms with Gasteiger partial charge in [-0.25, -0.2) is 4.98 Å². The van der Waals surface area contributed by atoms with E-state index in [9.17, 15) is 20.2 Å². The Morgan fingerprint density at radius 2 is 2.00 bits per heavy atom. The zero-order chi connectivity index (χ0) is 19.4. The number of hydrogen-bond acceptors (Lipinski definition) is 7. The first-order valence-corrected chi connectivity index (χ1v) is 9.24. The minimum absolute atomic E-state index is 0.0167. The molecule has 1 aliphatic carbocycles. The molecule has 2 N–H and O–H groups in total. The van der Waals surface area contributed by atoms with Crippen LogP contribution in [-0.2, 0) is 4.79 Å². The first-order valence-electron chi connectivity index (χ1n) is 9.24. The highest BCUT2D eigenvalue weighted by Crippen LogP contribution is 2.25. The molecule has 9 heteroatoms. The van der Waals surface area contributed by atoms with Crippen molar-refractivity contribution in [2.24, 2.45) is 5.92 Å². The van der Waals surface area contributed by atoms with Gasteiger partial charge in [0, 0.05) is 44.2 Å². The molecule has 2 atom stereocenters. The Kier molecular flexibility index (Phi) is 5.86. The van der Waals surface area contributed by atoms with Gasteiger partial charge in [-0.1, -0.05) is 0 Å². The fourth-order valence-electron chi connectivity index (χ4n) is 3.86. The van der Waals surface area contributed by atoms with Gasteiger partial charge in [-0.2, -0.15) is 5.26 Å². The number of rotatable bonds is 5. The smallest absolute Gasteiger partial charge is 0.287 e. The first-order chi connectivity index (χ1) is 13.0. The molecule has 1 saturated carbocycles. The Morgan fingerprint density at radius 1 is 1.30 bits per heavy atom. The van der Waals surface area contributed by atoms with Gasteiger partial charge >= 0.3 is 0 Å². The van der Waals surface area contributed by atoms with Crippen molar-refractivity contribution in [3.8, 4) is 6.07 Å². The molecule has 1 aromatic heterocycles. The predicted octanol–water partition coefficient (Wildman–Crippen LogP) is 1.67. The summed E-state index contributed by atoms with van der Waals surface area (Å²) in [4.78, 5) is 27.6. The summed E-state index contributed by atoms with van der Waals surface area (Å²) in [6, 6.07) is 6.05. The van der Waals surface area contributed by atoms with E-state index in [-0.39, 0.29) is 29.6 Å². The van der Waals surface area contributed by atoms with Crippen LogP contribution in [0, 0.1) is 27.4 Å². The molecule has 144 valence electrons. The Bertz CT molecular complexity index is 724. The summed E-state index contributed by atoms with van der Waals surface area (Å²) < 4.78 is 0. The van der Waals surface area contributed by atoms with Crippen LogP contribution in [0.3, 0.4) is 0 Å². The second-order valence-electron chi connectivity index (χ2n) is 7.28. The molecule has 1 amide bonds. The van der Waals surface area contributed by atoms with Crippen molar-refractivity contribution < 1.29 is 9.72 Å². The number of carbonyl (C=O) groups is 1. The van der Waals surface area contributed by atoms with Crippen molar-refractivity contribution in [3.63, 3.8) is 0 Å². The molecule has 9 nitrogen and oxygen atoms in total. The molecule has 1 aliphatic heterocycles. The van der Waals surface area contributed by atoms with Gasteiger partial charge < -0.3 is 15.5 Å². The summed E-state index contributed by atoms with van der Waals surface area (Å²) in [5.41, 5.74) is -0.0170. The minimum Gasteiger partial charge on any atom is -0.367 e. The maximum Gasteiger partial charge on any atom is 0.287 e. The summed E-state index contributed by atoms with van der Waals surface area (Å²) in [6.45, 7) is 2.64. The normalized spacial score (nSPS) is 27.8. The van der Waals surface area contributed by atoms with Gasteiger partial charge in [-0.3, -0.25) is 14.9 Å². The van der Waals surface area contributed by atoms with Crippen molar-refractivity contribution >= 4 is 17.4 Å². The molecule has 0 spiro atoms. The topological polar surface area (TPSA) is 124 Å². The van der Waals surface area contributed by atoms with Gasteiger partial charge in [0.2, 0.25) is 5.91 Å². The number of aromatic nitrogens is 1. The van der Waals surface area contributed by atoms with E-state index in [4.69, 9.17) is 0 Å². The molecule has 1 aromatic rings. The van der Waals surface area contributed by atoms with E-state index < -0.39 is 4.92 Å². The van der Waals surface area contributed by atoms with Gasteiger partial charge in [0.25, 0.3) is 5.69 Å². The zero-order valence-electron chi connectivity index (χ0n) is 15.3. The van der Waals surface area contributed by atoms with Crippen LogP contribution >= 0.6 is 0 Å². The molecule has 1 unspecified atom stereocenters. The highest BCUT2D eigenvalue weighted by molar-refractivity contribution is 5.73. The number of likely N-dealkylation sites (tertiary alicyclic amines) is 1. The molecule has 2 aliphatic rings. The third-order valence-corrected chi connectivity index (χ3v) is 5.42. The van der Waals surface area contributed by atoms with Crippen molar-refractivity contribution in [1.82, 2.24) is 15.2 Å². The molecule has 1 saturated heterocycles. The molecule has 2 heterocycles. The third kappa shape index (κ3) is 4.71. The molecule has 0 bridgehead atoms. The highest BCUT2D eigenvalue weighted by Gasteiger charge is 2.36. The lowest BCUT2D eigenvalue weighted by atomic mass is 9.90. The standard InChI is InChI=1S/C18H24N6O3/c1-12(25)23-10-13(8-19)17(11-23)21-14-2-4-15(5-3-14)22-18-7-6-16(9-20-18)24(26)27/h6-7,9,13-15,17,21H,2-5,10-11H2,1H3,(H,20,22)/t13?,14?,15?,17-/m0/s1. The molecule has 0 radical (unpaired) electrons. The maximum absolute atomic E-state index is 11.6. The average Bonchev–Trinajstić information content (AvgIpc) is 3.07. The lowest BCUT2D eigenvalue weighted by Gasteiger charge is -2.32. The largest absolute Gasteiger partial charge is 0.367 e. The van der Waals surface area contributed by atoms with Crippen molar-refractivity contribution in [2.75, 3.05) is 18.4 Å². The van der Waals surface area contributed by atoms with E-state index in [2.05, 4.69) is 21.7 Å². The average molecular weight is 372 g/mol. The molecular formula is C18H24N6O3. The second-order valence-corrected chi connectivity index (χ2v) is 7.28. The van der Waals surface area contributed by atoms with Crippen LogP contribution in [0.5, 0.6) is 0 Å². The minimum atomic E-state index is -0.460. The lowest BCUT2D eigenvalue weighted by molar-refractivity contribution is -0.385. The monoisotopic (exact) mass is 372 g/mol. The Labute approximate surface area is 157 Å². The maximum atomic E-state index is 11.6. The van der Waals surface area contributed by atoms with Crippen LogP contribution in [0.2, 0.25) is 0 Å². The van der Waals surface area contributed by atoms with Crippen LogP contribution < -0.4 is 10.6 Å². The quantitative estimate of drug-likeness (QED) is 0.595. The second kappa shape index (κ2) is 8.31. The summed E-state index contributed by atoms with van der Waals surface area (Å²) in [5.74, 6) is 0.506. The van der Waals surface area contributed by atoms with Crippen molar-refractivity contribution in [3.05, 3.63) is 28.4 Å². The predicted molar refractivity (Wildman–Crippen MR) is 98.8 cm³/mol. The number of nitriles is 1. The number of hydrogen-bond donors (Lipinski definition) is 2. The summed E-state index contributed by atoms with van der Waals surface area (Å²) in [7, 11) is 0. The van der Waals surface area contributed by atoms with Crippen LogP contribution in [0.25, 0.3) is 0 Å². The van der Waals surface area contributed by atoms with Crippen molar-refractivity contribution in [2.45, 2.75) is 50.7 Å². The molecule has 27 heavy (non-hydrogen) atoms. The molecule has 2 fully saturated rings. The summed E-state index contributed by atoms with van der Waals surface area (Å²) in [5, 5.41) is 26.9. The number of nitro groups is 1. The molecule has 0 aromatic carbocycles. The van der Waals surface area contributed by atoms with Crippen LogP contribution in [0.1, 0.15) is 32.6 Å². The van der Waals surface area contributed by atoms with E-state index in [0.717, 1.165) is 25.7 Å². The molecule has 3 rings (SSSR count). The van der Waals surface area contributed by atoms with Crippen LogP contribution in [0.15, 0.2) is 18.3 Å².